The van der Waals surface area contributed by atoms with Crippen molar-refractivity contribution in [3.63, 3.8) is 0 Å². The number of sulfonamides is 1. The van der Waals surface area contributed by atoms with Gasteiger partial charge in [0.15, 0.2) is 0 Å². The van der Waals surface area contributed by atoms with Gasteiger partial charge in [0.1, 0.15) is 5.75 Å². The lowest BCUT2D eigenvalue weighted by atomic mass is 10.0. The molecule has 1 heterocycles. The summed E-state index contributed by atoms with van der Waals surface area (Å²) in [5.74, 6) is 0.723. The molecule has 1 aliphatic heterocycles. The van der Waals surface area contributed by atoms with Crippen molar-refractivity contribution in [2.75, 3.05) is 7.11 Å². The quantitative estimate of drug-likeness (QED) is 0.655. The zero-order valence-corrected chi connectivity index (χ0v) is 18.0. The Kier molecular flexibility index (Phi) is 5.37. The van der Waals surface area contributed by atoms with E-state index in [-0.39, 0.29) is 4.90 Å². The predicted molar refractivity (Wildman–Crippen MR) is 118 cm³/mol. The van der Waals surface area contributed by atoms with Crippen molar-refractivity contribution in [2.24, 2.45) is 0 Å². The molecular weight excluding hydrogens is 396 g/mol. The minimum absolute atomic E-state index is 0.248. The van der Waals surface area contributed by atoms with Gasteiger partial charge in [-0.15, -0.1) is 4.41 Å². The number of hydrazine groups is 1. The summed E-state index contributed by atoms with van der Waals surface area (Å²) in [5, 5.41) is 0. The number of nitrogens with one attached hydrogen (secondary N) is 1. The molecule has 0 amide bonds. The Hall–Kier alpha value is -3.09. The number of ether oxygens (including phenoxy) is 1. The molecule has 1 aliphatic rings. The lowest BCUT2D eigenvalue weighted by Gasteiger charge is -2.25. The molecule has 4 rings (SSSR count). The van der Waals surface area contributed by atoms with E-state index < -0.39 is 16.1 Å². The Morgan fingerprint density at radius 1 is 0.833 bits per heavy atom. The summed E-state index contributed by atoms with van der Waals surface area (Å²) in [6, 6.07) is 21.8. The third-order valence-corrected chi connectivity index (χ3v) is 6.91. The predicted octanol–water partition coefficient (Wildman–Crippen LogP) is 4.60. The van der Waals surface area contributed by atoms with Crippen LogP contribution < -0.4 is 10.2 Å². The molecule has 1 N–H and O–H groups in total. The van der Waals surface area contributed by atoms with Crippen LogP contribution in [0, 0.1) is 13.8 Å². The average Bonchev–Trinajstić information content (AvgIpc) is 3.21. The van der Waals surface area contributed by atoms with E-state index in [1.807, 2.05) is 68.5 Å². The zero-order chi connectivity index (χ0) is 21.3. The molecule has 1 unspecified atom stereocenters. The Morgan fingerprint density at radius 2 is 1.40 bits per heavy atom. The van der Waals surface area contributed by atoms with Crippen molar-refractivity contribution >= 4 is 15.7 Å². The fourth-order valence-corrected chi connectivity index (χ4v) is 4.82. The van der Waals surface area contributed by atoms with Crippen LogP contribution in [0.3, 0.4) is 0 Å². The van der Waals surface area contributed by atoms with Gasteiger partial charge in [-0.05, 0) is 55.3 Å². The Bertz CT molecular complexity index is 1170. The van der Waals surface area contributed by atoms with Crippen LogP contribution in [0.1, 0.15) is 28.3 Å². The summed E-state index contributed by atoms with van der Waals surface area (Å²) in [7, 11) is -2.17. The second kappa shape index (κ2) is 7.97. The monoisotopic (exact) mass is 420 g/mol. The van der Waals surface area contributed by atoms with Gasteiger partial charge < -0.3 is 10.2 Å². The molecule has 0 saturated heterocycles. The smallest absolute Gasteiger partial charge is 0.260 e. The van der Waals surface area contributed by atoms with Gasteiger partial charge in [-0.3, -0.25) is 0 Å². The second-order valence-corrected chi connectivity index (χ2v) is 9.21. The van der Waals surface area contributed by atoms with E-state index in [0.29, 0.717) is 0 Å². The third-order valence-electron chi connectivity index (χ3n) is 5.21. The number of methoxy groups -OCH3 is 1. The molecule has 0 bridgehead atoms. The highest BCUT2D eigenvalue weighted by Crippen LogP contribution is 2.36. The van der Waals surface area contributed by atoms with Crippen LogP contribution in [0.5, 0.6) is 5.75 Å². The number of benzene rings is 3. The summed E-state index contributed by atoms with van der Waals surface area (Å²) in [6.45, 7) is 3.95. The fourth-order valence-electron chi connectivity index (χ4n) is 3.41. The molecular formula is C24H24N2O3S. The van der Waals surface area contributed by atoms with E-state index in [4.69, 9.17) is 4.74 Å². The first-order chi connectivity index (χ1) is 14.4. The minimum Gasteiger partial charge on any atom is -0.497 e. The summed E-state index contributed by atoms with van der Waals surface area (Å²) >= 11 is 0. The third kappa shape index (κ3) is 3.84. The normalized spacial score (nSPS) is 16.8. The largest absolute Gasteiger partial charge is 0.497 e. The van der Waals surface area contributed by atoms with Crippen molar-refractivity contribution in [2.45, 2.75) is 24.8 Å². The first kappa shape index (κ1) is 20.2. The fraction of sp³-hybridized carbons (Fsp3) is 0.167. The molecule has 30 heavy (non-hydrogen) atoms. The highest BCUT2D eigenvalue weighted by atomic mass is 32.2. The summed E-state index contributed by atoms with van der Waals surface area (Å²) in [6.07, 6.45) is 1.94. The van der Waals surface area contributed by atoms with E-state index >= 15 is 0 Å². The Labute approximate surface area is 177 Å². The molecule has 6 heteroatoms. The van der Waals surface area contributed by atoms with Gasteiger partial charge in [-0.2, -0.15) is 0 Å². The highest BCUT2D eigenvalue weighted by molar-refractivity contribution is 7.89. The second-order valence-electron chi connectivity index (χ2n) is 7.39. The lowest BCUT2D eigenvalue weighted by Crippen LogP contribution is -2.39. The molecule has 0 saturated carbocycles. The maximum atomic E-state index is 13.5. The van der Waals surface area contributed by atoms with Crippen LogP contribution >= 0.6 is 0 Å². The molecule has 154 valence electrons. The maximum Gasteiger partial charge on any atom is 0.260 e. The summed E-state index contributed by atoms with van der Waals surface area (Å²) in [4.78, 5) is 0.248. The summed E-state index contributed by atoms with van der Waals surface area (Å²) in [5.41, 5.74) is 7.82. The van der Waals surface area contributed by atoms with Gasteiger partial charge in [0.2, 0.25) is 0 Å². The van der Waals surface area contributed by atoms with Gasteiger partial charge >= 0.3 is 0 Å². The topological polar surface area (TPSA) is 58.6 Å². The first-order valence-corrected chi connectivity index (χ1v) is 11.1. The Morgan fingerprint density at radius 3 is 1.97 bits per heavy atom. The van der Waals surface area contributed by atoms with Crippen LogP contribution in [-0.2, 0) is 10.0 Å². The van der Waals surface area contributed by atoms with Gasteiger partial charge in [0.05, 0.1) is 23.7 Å². The number of hydrogen-bond acceptors (Lipinski definition) is 4. The van der Waals surface area contributed by atoms with E-state index in [2.05, 4.69) is 5.43 Å². The number of aryl methyl sites for hydroxylation is 2. The summed E-state index contributed by atoms with van der Waals surface area (Å²) < 4.78 is 33.6. The van der Waals surface area contributed by atoms with Crippen LogP contribution in [0.25, 0.3) is 5.70 Å². The molecule has 0 spiro atoms. The maximum absolute atomic E-state index is 13.5. The van der Waals surface area contributed by atoms with Crippen LogP contribution in [-0.4, -0.2) is 19.9 Å². The molecule has 0 aliphatic carbocycles. The molecule has 0 fully saturated rings. The minimum atomic E-state index is -3.78. The van der Waals surface area contributed by atoms with Crippen LogP contribution in [0.2, 0.25) is 0 Å². The molecule has 3 aromatic carbocycles. The number of nitrogens with zero attached hydrogens (tertiary/aromatic N) is 1. The van der Waals surface area contributed by atoms with Crippen molar-refractivity contribution in [1.29, 1.82) is 0 Å². The number of hydrogen-bond donors (Lipinski definition) is 1. The van der Waals surface area contributed by atoms with E-state index in [1.54, 1.807) is 31.4 Å². The molecule has 1 atom stereocenters. The van der Waals surface area contributed by atoms with Gasteiger partial charge in [0, 0.05) is 0 Å². The van der Waals surface area contributed by atoms with E-state index in [0.717, 1.165) is 33.7 Å². The van der Waals surface area contributed by atoms with Crippen molar-refractivity contribution in [3.05, 3.63) is 101 Å². The van der Waals surface area contributed by atoms with Crippen molar-refractivity contribution in [1.82, 2.24) is 9.84 Å². The van der Waals surface area contributed by atoms with Crippen LogP contribution in [0.15, 0.2) is 83.8 Å². The molecule has 5 nitrogen and oxygen atoms in total. The lowest BCUT2D eigenvalue weighted by molar-refractivity contribution is 0.347. The van der Waals surface area contributed by atoms with Crippen LogP contribution in [0.4, 0.5) is 0 Å². The van der Waals surface area contributed by atoms with E-state index in [9.17, 15) is 8.42 Å². The average molecular weight is 421 g/mol. The van der Waals surface area contributed by atoms with E-state index in [1.165, 1.54) is 4.41 Å². The molecule has 3 aromatic rings. The number of rotatable bonds is 5. The first-order valence-electron chi connectivity index (χ1n) is 9.69. The molecule has 0 aromatic heterocycles. The standard InChI is InChI=1S/C24H24N2O3S/c1-17-4-8-19(9-5-17)23-16-24(20-10-12-21(29-3)13-11-20)26(25-23)30(27,28)22-14-6-18(2)7-15-22/h4-16,24-25H,1-3H3. The van der Waals surface area contributed by atoms with Crippen molar-refractivity contribution < 1.29 is 13.2 Å². The molecule has 0 radical (unpaired) electrons. The highest BCUT2D eigenvalue weighted by Gasteiger charge is 2.37. The van der Waals surface area contributed by atoms with Gasteiger partial charge in [-0.1, -0.05) is 59.7 Å². The Balaban J connectivity index is 1.77. The zero-order valence-electron chi connectivity index (χ0n) is 17.2. The van der Waals surface area contributed by atoms with Crippen molar-refractivity contribution in [3.8, 4) is 5.75 Å². The van der Waals surface area contributed by atoms with Gasteiger partial charge in [0.25, 0.3) is 10.0 Å². The van der Waals surface area contributed by atoms with Gasteiger partial charge in [-0.25, -0.2) is 8.42 Å². The SMILES string of the molecule is COc1ccc(C2C=C(c3ccc(C)cc3)NN2S(=O)(=O)c2ccc(C)cc2)cc1.